The first kappa shape index (κ1) is 22.7. The molecule has 2 N–H and O–H groups in total. The van der Waals surface area contributed by atoms with E-state index in [0.717, 1.165) is 12.8 Å². The number of piperazine rings is 1. The Labute approximate surface area is 196 Å². The Morgan fingerprint density at radius 2 is 2.09 bits per heavy atom. The fourth-order valence-corrected chi connectivity index (χ4v) is 4.40. The first-order valence-electron chi connectivity index (χ1n) is 11.1. The van der Waals surface area contributed by atoms with Crippen LogP contribution in [0.1, 0.15) is 18.2 Å². The standard InChI is InChI=1S/C22H28N8O2S/c1-2-7-26-22(32)28-12-13-30(19-6-9-25-21(27-19)29-11-10-23-16-29)18(15-28)20(31)24-8-5-17-4-3-14-33-17/h3-4,6,9-11,14,16,18H,2,5,7-8,12-13,15H2,1H3,(H,24,31)(H,26,32). The van der Waals surface area contributed by atoms with Crippen molar-refractivity contribution in [3.63, 3.8) is 0 Å². The van der Waals surface area contributed by atoms with Crippen molar-refractivity contribution in [2.75, 3.05) is 37.6 Å². The van der Waals surface area contributed by atoms with Gasteiger partial charge in [0.15, 0.2) is 0 Å². The molecule has 0 radical (unpaired) electrons. The van der Waals surface area contributed by atoms with Crippen LogP contribution in [0.15, 0.2) is 48.5 Å². The smallest absolute Gasteiger partial charge is 0.317 e. The molecule has 3 aromatic rings. The average Bonchev–Trinajstić information content (AvgIpc) is 3.57. The zero-order valence-corrected chi connectivity index (χ0v) is 19.4. The third-order valence-electron chi connectivity index (χ3n) is 5.40. The normalized spacial score (nSPS) is 16.0. The molecule has 1 saturated heterocycles. The first-order valence-corrected chi connectivity index (χ1v) is 11.9. The van der Waals surface area contributed by atoms with Crippen LogP contribution in [0.4, 0.5) is 10.6 Å². The van der Waals surface area contributed by atoms with Gasteiger partial charge in [0.05, 0.1) is 6.54 Å². The van der Waals surface area contributed by atoms with Crippen LogP contribution in [0.3, 0.4) is 0 Å². The highest BCUT2D eigenvalue weighted by atomic mass is 32.1. The predicted molar refractivity (Wildman–Crippen MR) is 127 cm³/mol. The van der Waals surface area contributed by atoms with Gasteiger partial charge in [-0.2, -0.15) is 4.98 Å². The number of anilines is 1. The molecule has 0 aliphatic carbocycles. The van der Waals surface area contributed by atoms with Gasteiger partial charge in [0, 0.05) is 49.6 Å². The fraction of sp³-hybridized carbons (Fsp3) is 0.409. The number of carbonyl (C=O) groups excluding carboxylic acids is 2. The van der Waals surface area contributed by atoms with Gasteiger partial charge < -0.3 is 20.4 Å². The van der Waals surface area contributed by atoms with E-state index < -0.39 is 6.04 Å². The van der Waals surface area contributed by atoms with Gasteiger partial charge in [0.2, 0.25) is 11.9 Å². The Kier molecular flexibility index (Phi) is 7.51. The van der Waals surface area contributed by atoms with E-state index >= 15 is 0 Å². The van der Waals surface area contributed by atoms with Gasteiger partial charge in [-0.05, 0) is 30.4 Å². The maximum Gasteiger partial charge on any atom is 0.317 e. The SMILES string of the molecule is CCCNC(=O)N1CCN(c2ccnc(-n3ccnc3)n2)C(C(=O)NCCc2cccs2)C1. The molecular weight excluding hydrogens is 440 g/mol. The summed E-state index contributed by atoms with van der Waals surface area (Å²) in [5, 5.41) is 7.98. The monoisotopic (exact) mass is 468 g/mol. The van der Waals surface area contributed by atoms with Crippen molar-refractivity contribution in [3.05, 3.63) is 53.4 Å². The van der Waals surface area contributed by atoms with E-state index in [2.05, 4.69) is 31.7 Å². The second-order valence-electron chi connectivity index (χ2n) is 7.69. The molecule has 1 aliphatic rings. The van der Waals surface area contributed by atoms with Gasteiger partial charge in [-0.15, -0.1) is 11.3 Å². The second-order valence-corrected chi connectivity index (χ2v) is 8.72. The van der Waals surface area contributed by atoms with Crippen LogP contribution in [0.5, 0.6) is 0 Å². The van der Waals surface area contributed by atoms with Crippen molar-refractivity contribution in [2.45, 2.75) is 25.8 Å². The maximum absolute atomic E-state index is 13.2. The Bertz CT molecular complexity index is 1040. The van der Waals surface area contributed by atoms with Crippen molar-refractivity contribution in [2.24, 2.45) is 0 Å². The Balaban J connectivity index is 1.50. The topological polar surface area (TPSA) is 108 Å². The highest BCUT2D eigenvalue weighted by molar-refractivity contribution is 7.09. The van der Waals surface area contributed by atoms with E-state index in [1.807, 2.05) is 23.3 Å². The van der Waals surface area contributed by atoms with Gasteiger partial charge >= 0.3 is 6.03 Å². The fourth-order valence-electron chi connectivity index (χ4n) is 3.69. The minimum atomic E-state index is -0.556. The van der Waals surface area contributed by atoms with E-state index in [9.17, 15) is 9.59 Å². The van der Waals surface area contributed by atoms with E-state index in [0.29, 0.717) is 37.9 Å². The predicted octanol–water partition coefficient (Wildman–Crippen LogP) is 1.69. The third kappa shape index (κ3) is 5.67. The summed E-state index contributed by atoms with van der Waals surface area (Å²) in [6, 6.07) is 5.15. The number of hydrogen-bond acceptors (Lipinski definition) is 7. The molecule has 4 heterocycles. The van der Waals surface area contributed by atoms with Crippen molar-refractivity contribution in [1.29, 1.82) is 0 Å². The number of urea groups is 1. The Hall–Kier alpha value is -3.47. The van der Waals surface area contributed by atoms with Gasteiger partial charge in [0.1, 0.15) is 18.2 Å². The molecule has 1 unspecified atom stereocenters. The average molecular weight is 469 g/mol. The minimum absolute atomic E-state index is 0.123. The lowest BCUT2D eigenvalue weighted by atomic mass is 10.1. The number of nitrogens with zero attached hydrogens (tertiary/aromatic N) is 6. The number of rotatable bonds is 8. The highest BCUT2D eigenvalue weighted by Gasteiger charge is 2.35. The molecule has 10 nitrogen and oxygen atoms in total. The second kappa shape index (κ2) is 10.9. The lowest BCUT2D eigenvalue weighted by molar-refractivity contribution is -0.123. The number of imidazole rings is 1. The van der Waals surface area contributed by atoms with E-state index in [-0.39, 0.29) is 18.5 Å². The van der Waals surface area contributed by atoms with Crippen molar-refractivity contribution in [1.82, 2.24) is 35.1 Å². The molecule has 174 valence electrons. The van der Waals surface area contributed by atoms with Crippen LogP contribution < -0.4 is 15.5 Å². The van der Waals surface area contributed by atoms with Crippen molar-refractivity contribution >= 4 is 29.1 Å². The number of amides is 3. The summed E-state index contributed by atoms with van der Waals surface area (Å²) >= 11 is 1.67. The molecule has 4 rings (SSSR count). The van der Waals surface area contributed by atoms with Crippen molar-refractivity contribution < 1.29 is 9.59 Å². The molecule has 0 aromatic carbocycles. The molecule has 11 heteroatoms. The molecule has 1 aliphatic heterocycles. The molecule has 1 fully saturated rings. The maximum atomic E-state index is 13.2. The highest BCUT2D eigenvalue weighted by Crippen LogP contribution is 2.20. The zero-order valence-electron chi connectivity index (χ0n) is 18.6. The molecule has 0 bridgehead atoms. The van der Waals surface area contributed by atoms with Gasteiger partial charge in [0.25, 0.3) is 0 Å². The molecule has 33 heavy (non-hydrogen) atoms. The van der Waals surface area contributed by atoms with Crippen LogP contribution >= 0.6 is 11.3 Å². The van der Waals surface area contributed by atoms with E-state index in [4.69, 9.17) is 0 Å². The molecular formula is C22H28N8O2S. The summed E-state index contributed by atoms with van der Waals surface area (Å²) < 4.78 is 1.72. The lowest BCUT2D eigenvalue weighted by Crippen LogP contribution is -2.62. The van der Waals surface area contributed by atoms with Crippen LogP contribution in [0, 0.1) is 0 Å². The molecule has 0 saturated carbocycles. The number of carbonyl (C=O) groups is 2. The summed E-state index contributed by atoms with van der Waals surface area (Å²) in [4.78, 5) is 43.7. The Morgan fingerprint density at radius 1 is 1.18 bits per heavy atom. The number of thiophene rings is 1. The number of hydrogen-bond donors (Lipinski definition) is 2. The van der Waals surface area contributed by atoms with Gasteiger partial charge in [-0.1, -0.05) is 13.0 Å². The molecule has 1 atom stereocenters. The molecule has 3 amide bonds. The molecule has 0 spiro atoms. The van der Waals surface area contributed by atoms with Crippen molar-refractivity contribution in [3.8, 4) is 5.95 Å². The summed E-state index contributed by atoms with van der Waals surface area (Å²) in [6.45, 7) is 4.42. The number of aromatic nitrogens is 4. The largest absolute Gasteiger partial charge is 0.354 e. The van der Waals surface area contributed by atoms with Crippen LogP contribution in [0.2, 0.25) is 0 Å². The van der Waals surface area contributed by atoms with Gasteiger partial charge in [-0.3, -0.25) is 9.36 Å². The quantitative estimate of drug-likeness (QED) is 0.521. The third-order valence-corrected chi connectivity index (χ3v) is 6.34. The summed E-state index contributed by atoms with van der Waals surface area (Å²) in [5.74, 6) is 0.994. The van der Waals surface area contributed by atoms with Gasteiger partial charge in [-0.25, -0.2) is 14.8 Å². The van der Waals surface area contributed by atoms with Crippen LogP contribution in [0.25, 0.3) is 5.95 Å². The minimum Gasteiger partial charge on any atom is -0.354 e. The van der Waals surface area contributed by atoms with Crippen LogP contribution in [-0.4, -0.2) is 75.1 Å². The summed E-state index contributed by atoms with van der Waals surface area (Å²) in [6.07, 6.45) is 8.36. The zero-order chi connectivity index (χ0) is 23.0. The lowest BCUT2D eigenvalue weighted by Gasteiger charge is -2.41. The number of nitrogens with one attached hydrogen (secondary N) is 2. The van der Waals surface area contributed by atoms with E-state index in [1.165, 1.54) is 4.88 Å². The molecule has 3 aromatic heterocycles. The first-order chi connectivity index (χ1) is 16.2. The van der Waals surface area contributed by atoms with E-state index in [1.54, 1.807) is 51.8 Å². The summed E-state index contributed by atoms with van der Waals surface area (Å²) in [7, 11) is 0. The Morgan fingerprint density at radius 3 is 2.85 bits per heavy atom. The van der Waals surface area contributed by atoms with Crippen LogP contribution in [-0.2, 0) is 11.2 Å². The summed E-state index contributed by atoms with van der Waals surface area (Å²) in [5.41, 5.74) is 0.